The quantitative estimate of drug-likeness (QED) is 0.390. The van der Waals surface area contributed by atoms with E-state index in [1.165, 1.54) is 5.56 Å². The second kappa shape index (κ2) is 8.29. The van der Waals surface area contributed by atoms with Gasteiger partial charge in [0.25, 0.3) is 0 Å². The normalized spacial score (nSPS) is 12.1. The Hall–Kier alpha value is -2.80. The first-order chi connectivity index (χ1) is 13.6. The summed E-state index contributed by atoms with van der Waals surface area (Å²) in [6.45, 7) is 4.29. The van der Waals surface area contributed by atoms with Crippen molar-refractivity contribution in [1.82, 2.24) is 4.57 Å². The van der Waals surface area contributed by atoms with Gasteiger partial charge in [0.05, 0.1) is 6.26 Å². The molecule has 6 nitrogen and oxygen atoms in total. The highest BCUT2D eigenvalue weighted by molar-refractivity contribution is 7.86. The van der Waals surface area contributed by atoms with Gasteiger partial charge in [-0.2, -0.15) is 8.42 Å². The fourth-order valence-electron chi connectivity index (χ4n) is 3.11. The first kappa shape index (κ1) is 20.9. The number of nitrogens with zero attached hydrogens (tertiary/aromatic N) is 1. The largest absolute Gasteiger partial charge is 0.480 e. The Morgan fingerprint density at radius 1 is 1.03 bits per heavy atom. The summed E-state index contributed by atoms with van der Waals surface area (Å²) in [5.74, 6) is 0.993. The Morgan fingerprint density at radius 2 is 1.72 bits per heavy atom. The molecule has 0 unspecified atom stereocenters. The summed E-state index contributed by atoms with van der Waals surface area (Å²) >= 11 is 0. The highest BCUT2D eigenvalue weighted by Crippen LogP contribution is 2.24. The van der Waals surface area contributed by atoms with Crippen LogP contribution in [-0.2, 0) is 27.9 Å². The van der Waals surface area contributed by atoms with Crippen LogP contribution in [0.4, 0.5) is 0 Å². The van der Waals surface area contributed by atoms with E-state index in [0.29, 0.717) is 11.5 Å². The van der Waals surface area contributed by atoms with Gasteiger partial charge in [-0.1, -0.05) is 12.1 Å². The number of hydrogen-bond acceptors (Lipinski definition) is 5. The Balaban J connectivity index is 1.59. The number of carbonyl (C=O) groups excluding carboxylic acids is 1. The maximum atomic E-state index is 11.3. The average molecular weight is 416 g/mol. The number of aldehydes is 1. The van der Waals surface area contributed by atoms with E-state index in [2.05, 4.69) is 4.57 Å². The van der Waals surface area contributed by atoms with Crippen molar-refractivity contribution in [2.24, 2.45) is 0 Å². The van der Waals surface area contributed by atoms with Crippen LogP contribution in [0.3, 0.4) is 0 Å². The summed E-state index contributed by atoms with van der Waals surface area (Å²) in [7, 11) is -3.53. The molecule has 7 heteroatoms. The number of rotatable bonds is 9. The minimum atomic E-state index is -3.53. The van der Waals surface area contributed by atoms with Crippen molar-refractivity contribution < 1.29 is 22.1 Å². The standard InChI is InChI=1S/C22H25NO5S/c1-22(2,16-24)27-19-8-6-17(7-9-19)5-4-13-23-14-12-18-15-20(10-11-21(18)23)28-29(3,25)26/h6-12,14-16H,4-5,13H2,1-3H3. The van der Waals surface area contributed by atoms with E-state index >= 15 is 0 Å². The minimum Gasteiger partial charge on any atom is -0.480 e. The number of benzene rings is 2. The molecule has 0 saturated heterocycles. The predicted octanol–water partition coefficient (Wildman–Crippen LogP) is 3.97. The van der Waals surface area contributed by atoms with E-state index in [4.69, 9.17) is 8.92 Å². The Morgan fingerprint density at radius 3 is 2.38 bits per heavy atom. The van der Waals surface area contributed by atoms with Gasteiger partial charge in [-0.3, -0.25) is 4.79 Å². The van der Waals surface area contributed by atoms with E-state index in [1.54, 1.807) is 26.0 Å². The lowest BCUT2D eigenvalue weighted by Crippen LogP contribution is -2.29. The molecule has 0 spiro atoms. The van der Waals surface area contributed by atoms with Crippen LogP contribution in [0.15, 0.2) is 54.7 Å². The molecule has 0 fully saturated rings. The van der Waals surface area contributed by atoms with E-state index in [-0.39, 0.29) is 0 Å². The Bertz CT molecular complexity index is 1100. The van der Waals surface area contributed by atoms with Gasteiger partial charge < -0.3 is 13.5 Å². The molecule has 29 heavy (non-hydrogen) atoms. The number of aryl methyl sites for hydroxylation is 2. The van der Waals surface area contributed by atoms with Crippen molar-refractivity contribution in [1.29, 1.82) is 0 Å². The molecular weight excluding hydrogens is 390 g/mol. The first-order valence-corrected chi connectivity index (χ1v) is 11.2. The van der Waals surface area contributed by atoms with E-state index < -0.39 is 15.7 Å². The van der Waals surface area contributed by atoms with Crippen LogP contribution >= 0.6 is 0 Å². The fourth-order valence-corrected chi connectivity index (χ4v) is 3.56. The van der Waals surface area contributed by atoms with E-state index in [9.17, 15) is 13.2 Å². The fraction of sp³-hybridized carbons (Fsp3) is 0.318. The number of fused-ring (bicyclic) bond motifs is 1. The summed E-state index contributed by atoms with van der Waals surface area (Å²) < 4.78 is 35.3. The zero-order valence-electron chi connectivity index (χ0n) is 16.8. The molecular formula is C22H25NO5S. The van der Waals surface area contributed by atoms with Gasteiger partial charge in [0.15, 0.2) is 11.9 Å². The summed E-state index contributed by atoms with van der Waals surface area (Å²) in [5.41, 5.74) is 1.40. The monoisotopic (exact) mass is 415 g/mol. The molecule has 0 atom stereocenters. The number of aromatic nitrogens is 1. The van der Waals surface area contributed by atoms with Crippen molar-refractivity contribution in [3.8, 4) is 11.5 Å². The van der Waals surface area contributed by atoms with Crippen molar-refractivity contribution in [3.63, 3.8) is 0 Å². The molecule has 0 radical (unpaired) electrons. The molecule has 0 N–H and O–H groups in total. The van der Waals surface area contributed by atoms with Crippen LogP contribution < -0.4 is 8.92 Å². The lowest BCUT2D eigenvalue weighted by atomic mass is 10.1. The van der Waals surface area contributed by atoms with Gasteiger partial charge in [-0.15, -0.1) is 0 Å². The molecule has 1 heterocycles. The molecule has 0 aliphatic carbocycles. The average Bonchev–Trinajstić information content (AvgIpc) is 3.04. The highest BCUT2D eigenvalue weighted by Gasteiger charge is 2.17. The molecule has 2 aromatic carbocycles. The smallest absolute Gasteiger partial charge is 0.306 e. The van der Waals surface area contributed by atoms with Gasteiger partial charge in [-0.05, 0) is 68.7 Å². The first-order valence-electron chi connectivity index (χ1n) is 9.38. The number of hydrogen-bond donors (Lipinski definition) is 0. The van der Waals surface area contributed by atoms with Crippen LogP contribution in [0.2, 0.25) is 0 Å². The summed E-state index contributed by atoms with van der Waals surface area (Å²) in [6, 6.07) is 15.0. The molecule has 0 aliphatic rings. The predicted molar refractivity (Wildman–Crippen MR) is 113 cm³/mol. The lowest BCUT2D eigenvalue weighted by molar-refractivity contribution is -0.118. The summed E-state index contributed by atoms with van der Waals surface area (Å²) in [6.07, 6.45) is 5.67. The molecule has 0 bridgehead atoms. The zero-order valence-corrected chi connectivity index (χ0v) is 17.6. The minimum absolute atomic E-state index is 0.317. The van der Waals surface area contributed by atoms with Gasteiger partial charge in [0.2, 0.25) is 0 Å². The van der Waals surface area contributed by atoms with Gasteiger partial charge in [-0.25, -0.2) is 0 Å². The summed E-state index contributed by atoms with van der Waals surface area (Å²) in [5, 5.41) is 0.936. The van der Waals surface area contributed by atoms with Gasteiger partial charge in [0.1, 0.15) is 11.5 Å². The maximum absolute atomic E-state index is 11.3. The van der Waals surface area contributed by atoms with Crippen LogP contribution in [0.25, 0.3) is 10.9 Å². The van der Waals surface area contributed by atoms with Crippen LogP contribution in [0.5, 0.6) is 11.5 Å². The third-order valence-electron chi connectivity index (χ3n) is 4.44. The number of ether oxygens (including phenoxy) is 1. The zero-order chi connectivity index (χ0) is 21.1. The van der Waals surface area contributed by atoms with Crippen LogP contribution in [0, 0.1) is 0 Å². The third-order valence-corrected chi connectivity index (χ3v) is 4.94. The molecule has 0 saturated carbocycles. The Labute approximate surface area is 171 Å². The van der Waals surface area contributed by atoms with Gasteiger partial charge >= 0.3 is 10.1 Å². The molecule has 3 rings (SSSR count). The van der Waals surface area contributed by atoms with Crippen LogP contribution in [0.1, 0.15) is 25.8 Å². The molecule has 154 valence electrons. The van der Waals surface area contributed by atoms with Crippen molar-refractivity contribution in [3.05, 3.63) is 60.3 Å². The molecule has 0 amide bonds. The molecule has 3 aromatic rings. The lowest BCUT2D eigenvalue weighted by Gasteiger charge is -2.19. The Kier molecular flexibility index (Phi) is 5.98. The summed E-state index contributed by atoms with van der Waals surface area (Å²) in [4.78, 5) is 11.0. The maximum Gasteiger partial charge on any atom is 0.306 e. The highest BCUT2D eigenvalue weighted by atomic mass is 32.2. The SMILES string of the molecule is CC(C)(C=O)Oc1ccc(CCCn2ccc3cc(OS(C)(=O)=O)ccc32)cc1. The van der Waals surface area contributed by atoms with Crippen LogP contribution in [-0.4, -0.2) is 31.1 Å². The van der Waals surface area contributed by atoms with E-state index in [1.807, 2.05) is 42.6 Å². The van der Waals surface area contributed by atoms with Crippen molar-refractivity contribution in [2.75, 3.05) is 6.26 Å². The molecule has 0 aliphatic heterocycles. The number of carbonyl (C=O) groups is 1. The molecule has 1 aromatic heterocycles. The second-order valence-corrected chi connectivity index (χ2v) is 9.16. The van der Waals surface area contributed by atoms with Gasteiger partial charge in [0, 0.05) is 23.6 Å². The second-order valence-electron chi connectivity index (χ2n) is 7.59. The third kappa shape index (κ3) is 5.84. The van der Waals surface area contributed by atoms with Crippen molar-refractivity contribution >= 4 is 27.3 Å². The topological polar surface area (TPSA) is 74.6 Å². The van der Waals surface area contributed by atoms with E-state index in [0.717, 1.165) is 42.8 Å². The van der Waals surface area contributed by atoms with Crippen molar-refractivity contribution in [2.45, 2.75) is 38.8 Å².